The minimum atomic E-state index is 0.705. The second-order valence-corrected chi connectivity index (χ2v) is 6.08. The van der Waals surface area contributed by atoms with Crippen LogP contribution in [0.15, 0.2) is 39.4 Å². The van der Waals surface area contributed by atoms with Crippen LogP contribution in [-0.4, -0.2) is 4.98 Å². The van der Waals surface area contributed by atoms with E-state index in [0.717, 1.165) is 20.3 Å². The minimum absolute atomic E-state index is 0.705. The molecule has 0 amide bonds. The van der Waals surface area contributed by atoms with Crippen molar-refractivity contribution in [1.82, 2.24) is 4.98 Å². The van der Waals surface area contributed by atoms with E-state index >= 15 is 0 Å². The fourth-order valence-corrected chi connectivity index (χ4v) is 2.96. The maximum absolute atomic E-state index is 4.38. The Morgan fingerprint density at radius 1 is 1.06 bits per heavy atom. The summed E-state index contributed by atoms with van der Waals surface area (Å²) in [6, 6.07) is 8.45. The number of anilines is 1. The molecule has 0 saturated carbocycles. The summed E-state index contributed by atoms with van der Waals surface area (Å²) in [5, 5.41) is 3.40. The molecule has 4 heteroatoms. The molecular formula is C14H14Br2N2. The second kappa shape index (κ2) is 5.85. The fourth-order valence-electron chi connectivity index (χ4n) is 1.84. The molecule has 18 heavy (non-hydrogen) atoms. The van der Waals surface area contributed by atoms with Crippen LogP contribution in [0.4, 0.5) is 5.69 Å². The van der Waals surface area contributed by atoms with Gasteiger partial charge >= 0.3 is 0 Å². The van der Waals surface area contributed by atoms with Crippen molar-refractivity contribution in [3.63, 3.8) is 0 Å². The largest absolute Gasteiger partial charge is 0.379 e. The van der Waals surface area contributed by atoms with Crippen LogP contribution in [0, 0.1) is 13.8 Å². The Morgan fingerprint density at radius 3 is 2.33 bits per heavy atom. The summed E-state index contributed by atoms with van der Waals surface area (Å²) in [7, 11) is 0. The first-order chi connectivity index (χ1) is 8.54. The summed E-state index contributed by atoms with van der Waals surface area (Å²) in [4.78, 5) is 4.38. The Bertz CT molecular complexity index is 547. The van der Waals surface area contributed by atoms with Crippen LogP contribution in [0.1, 0.15) is 16.8 Å². The molecule has 0 unspecified atom stereocenters. The van der Waals surface area contributed by atoms with Crippen LogP contribution < -0.4 is 5.32 Å². The average molecular weight is 370 g/mol. The SMILES string of the molecule is Cc1cc(C)cc(NCc2ncc(Br)cc2Br)c1. The highest BCUT2D eigenvalue weighted by Crippen LogP contribution is 2.21. The summed E-state index contributed by atoms with van der Waals surface area (Å²) in [5.41, 5.74) is 4.65. The van der Waals surface area contributed by atoms with E-state index in [1.807, 2.05) is 12.3 Å². The van der Waals surface area contributed by atoms with Crippen molar-refractivity contribution < 1.29 is 0 Å². The van der Waals surface area contributed by atoms with Crippen LogP contribution >= 0.6 is 31.9 Å². The molecular weight excluding hydrogens is 356 g/mol. The molecule has 0 bridgehead atoms. The number of rotatable bonds is 3. The van der Waals surface area contributed by atoms with Gasteiger partial charge in [0.05, 0.1) is 12.2 Å². The van der Waals surface area contributed by atoms with Gasteiger partial charge in [0, 0.05) is 20.8 Å². The van der Waals surface area contributed by atoms with Crippen LogP contribution in [0.2, 0.25) is 0 Å². The lowest BCUT2D eigenvalue weighted by atomic mass is 10.1. The zero-order valence-corrected chi connectivity index (χ0v) is 13.5. The number of halogens is 2. The third-order valence-electron chi connectivity index (χ3n) is 2.57. The number of pyridine rings is 1. The highest BCUT2D eigenvalue weighted by Gasteiger charge is 2.03. The highest BCUT2D eigenvalue weighted by atomic mass is 79.9. The molecule has 1 aromatic heterocycles. The number of nitrogens with zero attached hydrogens (tertiary/aromatic N) is 1. The lowest BCUT2D eigenvalue weighted by Crippen LogP contribution is -2.03. The molecule has 0 saturated heterocycles. The molecule has 1 N–H and O–H groups in total. The first kappa shape index (κ1) is 13.6. The highest BCUT2D eigenvalue weighted by molar-refractivity contribution is 9.11. The first-order valence-corrected chi connectivity index (χ1v) is 7.25. The summed E-state index contributed by atoms with van der Waals surface area (Å²) < 4.78 is 1.98. The van der Waals surface area contributed by atoms with E-state index in [2.05, 4.69) is 74.2 Å². The Morgan fingerprint density at radius 2 is 1.72 bits per heavy atom. The van der Waals surface area contributed by atoms with Crippen molar-refractivity contribution in [1.29, 1.82) is 0 Å². The van der Waals surface area contributed by atoms with Crippen LogP contribution in [0.25, 0.3) is 0 Å². The molecule has 2 aromatic rings. The molecule has 0 fully saturated rings. The zero-order chi connectivity index (χ0) is 13.1. The number of nitrogens with one attached hydrogen (secondary N) is 1. The molecule has 94 valence electrons. The normalized spacial score (nSPS) is 10.4. The second-order valence-electron chi connectivity index (χ2n) is 4.31. The first-order valence-electron chi connectivity index (χ1n) is 5.66. The van der Waals surface area contributed by atoms with Crippen molar-refractivity contribution in [3.05, 3.63) is 56.2 Å². The van der Waals surface area contributed by atoms with E-state index in [0.29, 0.717) is 6.54 Å². The van der Waals surface area contributed by atoms with Gasteiger partial charge in [0.1, 0.15) is 0 Å². The topological polar surface area (TPSA) is 24.9 Å². The maximum atomic E-state index is 4.38. The van der Waals surface area contributed by atoms with Crippen molar-refractivity contribution >= 4 is 37.5 Å². The number of hydrogen-bond donors (Lipinski definition) is 1. The average Bonchev–Trinajstić information content (AvgIpc) is 2.26. The lowest BCUT2D eigenvalue weighted by molar-refractivity contribution is 1.03. The van der Waals surface area contributed by atoms with E-state index in [1.165, 1.54) is 11.1 Å². The van der Waals surface area contributed by atoms with Crippen LogP contribution in [-0.2, 0) is 6.54 Å². The van der Waals surface area contributed by atoms with Gasteiger partial charge in [-0.3, -0.25) is 4.98 Å². The van der Waals surface area contributed by atoms with E-state index in [1.54, 1.807) is 0 Å². The van der Waals surface area contributed by atoms with Gasteiger partial charge < -0.3 is 5.32 Å². The van der Waals surface area contributed by atoms with E-state index in [4.69, 9.17) is 0 Å². The van der Waals surface area contributed by atoms with E-state index in [-0.39, 0.29) is 0 Å². The molecule has 0 radical (unpaired) electrons. The maximum Gasteiger partial charge on any atom is 0.0737 e. The fraction of sp³-hybridized carbons (Fsp3) is 0.214. The van der Waals surface area contributed by atoms with Gasteiger partial charge in [0.15, 0.2) is 0 Å². The van der Waals surface area contributed by atoms with E-state index < -0.39 is 0 Å². The molecule has 0 spiro atoms. The zero-order valence-electron chi connectivity index (χ0n) is 10.3. The third-order valence-corrected chi connectivity index (χ3v) is 3.69. The number of aromatic nitrogens is 1. The summed E-state index contributed by atoms with van der Waals surface area (Å²) >= 11 is 6.92. The van der Waals surface area contributed by atoms with Crippen molar-refractivity contribution in [2.24, 2.45) is 0 Å². The van der Waals surface area contributed by atoms with Crippen molar-refractivity contribution in [2.75, 3.05) is 5.32 Å². The Hall–Kier alpha value is -0.870. The van der Waals surface area contributed by atoms with Gasteiger partial charge in [-0.2, -0.15) is 0 Å². The smallest absolute Gasteiger partial charge is 0.0737 e. The van der Waals surface area contributed by atoms with Crippen molar-refractivity contribution in [2.45, 2.75) is 20.4 Å². The summed E-state index contributed by atoms with van der Waals surface area (Å²) in [6.07, 6.45) is 1.81. The molecule has 0 atom stereocenters. The Labute approximate surface area is 124 Å². The Balaban J connectivity index is 2.11. The predicted molar refractivity (Wildman–Crippen MR) is 82.9 cm³/mol. The van der Waals surface area contributed by atoms with E-state index in [9.17, 15) is 0 Å². The summed E-state index contributed by atoms with van der Waals surface area (Å²) in [6.45, 7) is 4.91. The molecule has 2 nitrogen and oxygen atoms in total. The Kier molecular flexibility index (Phi) is 4.40. The standard InChI is InChI=1S/C14H14Br2N2/c1-9-3-10(2)5-12(4-9)17-8-14-13(16)6-11(15)7-18-14/h3-7,17H,8H2,1-2H3. The molecule has 2 rings (SSSR count). The van der Waals surface area contributed by atoms with Crippen molar-refractivity contribution in [3.8, 4) is 0 Å². The van der Waals surface area contributed by atoms with Gasteiger partial charge in [-0.25, -0.2) is 0 Å². The number of aryl methyl sites for hydroxylation is 2. The molecule has 1 heterocycles. The molecule has 0 aliphatic carbocycles. The predicted octanol–water partition coefficient (Wildman–Crippen LogP) is 4.84. The van der Waals surface area contributed by atoms with Gasteiger partial charge in [-0.05, 0) is 75.0 Å². The monoisotopic (exact) mass is 368 g/mol. The van der Waals surface area contributed by atoms with Crippen LogP contribution in [0.3, 0.4) is 0 Å². The molecule has 0 aliphatic rings. The van der Waals surface area contributed by atoms with Gasteiger partial charge in [0.25, 0.3) is 0 Å². The molecule has 0 aliphatic heterocycles. The van der Waals surface area contributed by atoms with Gasteiger partial charge in [-0.1, -0.05) is 6.07 Å². The van der Waals surface area contributed by atoms with Gasteiger partial charge in [-0.15, -0.1) is 0 Å². The van der Waals surface area contributed by atoms with Crippen LogP contribution in [0.5, 0.6) is 0 Å². The summed E-state index contributed by atoms with van der Waals surface area (Å²) in [5.74, 6) is 0. The lowest BCUT2D eigenvalue weighted by Gasteiger charge is -2.09. The minimum Gasteiger partial charge on any atom is -0.379 e. The van der Waals surface area contributed by atoms with Gasteiger partial charge in [0.2, 0.25) is 0 Å². The third kappa shape index (κ3) is 3.56. The number of benzene rings is 1. The molecule has 1 aromatic carbocycles. The number of hydrogen-bond acceptors (Lipinski definition) is 2. The quantitative estimate of drug-likeness (QED) is 0.837.